The first-order chi connectivity index (χ1) is 14.7. The predicted octanol–water partition coefficient (Wildman–Crippen LogP) is 5.34. The van der Waals surface area contributed by atoms with Gasteiger partial charge in [-0.3, -0.25) is 0 Å². The van der Waals surface area contributed by atoms with Crippen molar-refractivity contribution >= 4 is 11.6 Å². The van der Waals surface area contributed by atoms with Crippen molar-refractivity contribution in [3.05, 3.63) is 70.8 Å². The molecule has 0 aliphatic rings. The highest BCUT2D eigenvalue weighted by Crippen LogP contribution is 2.30. The van der Waals surface area contributed by atoms with E-state index >= 15 is 0 Å². The molecule has 0 aliphatic carbocycles. The lowest BCUT2D eigenvalue weighted by Gasteiger charge is -2.13. The third kappa shape index (κ3) is 4.14. The highest BCUT2D eigenvalue weighted by atomic mass is 35.5. The molecule has 0 atom stereocenters. The normalized spacial score (nSPS) is 11.2. The summed E-state index contributed by atoms with van der Waals surface area (Å²) in [5, 5.41) is 15.0. The molecule has 4 rings (SSSR count). The van der Waals surface area contributed by atoms with E-state index in [0.717, 1.165) is 60.4 Å². The molecule has 0 saturated carbocycles. The molecule has 0 spiro atoms. The maximum atomic E-state index is 6.42. The molecule has 0 radical (unpaired) electrons. The second kappa shape index (κ2) is 9.22. The molecule has 2 aromatic carbocycles. The number of hydrogen-bond acceptors (Lipinski definition) is 4. The Labute approximate surface area is 181 Å². The lowest BCUT2D eigenvalue weighted by atomic mass is 9.98. The summed E-state index contributed by atoms with van der Waals surface area (Å²) >= 11 is 6.42. The van der Waals surface area contributed by atoms with Crippen LogP contribution in [0.1, 0.15) is 43.8 Å². The van der Waals surface area contributed by atoms with Crippen molar-refractivity contribution in [3.8, 4) is 22.5 Å². The average molecular weight is 421 g/mol. The topological polar surface area (TPSA) is 72.3 Å². The van der Waals surface area contributed by atoms with Gasteiger partial charge >= 0.3 is 0 Å². The molecule has 7 heteroatoms. The number of tetrazole rings is 1. The lowest BCUT2D eigenvalue weighted by molar-refractivity contribution is 0.658. The molecule has 0 unspecified atom stereocenters. The fraction of sp³-hybridized carbons (Fsp3) is 0.304. The molecule has 0 saturated heterocycles. The van der Waals surface area contributed by atoms with Gasteiger partial charge in [0.15, 0.2) is 11.0 Å². The summed E-state index contributed by atoms with van der Waals surface area (Å²) in [7, 11) is 0. The Kier molecular flexibility index (Phi) is 6.23. The number of rotatable bonds is 8. The summed E-state index contributed by atoms with van der Waals surface area (Å²) < 4.78 is 2.28. The molecule has 0 amide bonds. The lowest BCUT2D eigenvalue weighted by Crippen LogP contribution is -2.08. The number of H-pyrrole nitrogens is 1. The number of hydrogen-bond donors (Lipinski definition) is 1. The van der Waals surface area contributed by atoms with E-state index in [2.05, 4.69) is 74.4 Å². The fourth-order valence-electron chi connectivity index (χ4n) is 3.74. The number of aromatic nitrogens is 6. The highest BCUT2D eigenvalue weighted by molar-refractivity contribution is 6.30. The van der Waals surface area contributed by atoms with Gasteiger partial charge in [0, 0.05) is 18.5 Å². The summed E-state index contributed by atoms with van der Waals surface area (Å²) in [6, 6.07) is 16.7. The van der Waals surface area contributed by atoms with Crippen molar-refractivity contribution in [2.24, 2.45) is 0 Å². The molecule has 30 heavy (non-hydrogen) atoms. The molecule has 2 aromatic heterocycles. The average Bonchev–Trinajstić information content (AvgIpc) is 3.41. The number of benzene rings is 2. The van der Waals surface area contributed by atoms with E-state index in [4.69, 9.17) is 11.6 Å². The molecule has 0 fully saturated rings. The third-order valence-corrected chi connectivity index (χ3v) is 5.63. The van der Waals surface area contributed by atoms with Crippen molar-refractivity contribution in [1.82, 2.24) is 30.2 Å². The number of aromatic amines is 1. The van der Waals surface area contributed by atoms with Gasteiger partial charge in [0.1, 0.15) is 5.82 Å². The van der Waals surface area contributed by atoms with Gasteiger partial charge in [-0.1, -0.05) is 80.4 Å². The molecule has 4 aromatic rings. The van der Waals surface area contributed by atoms with Crippen LogP contribution < -0.4 is 0 Å². The van der Waals surface area contributed by atoms with Crippen LogP contribution in [0.2, 0.25) is 5.15 Å². The van der Waals surface area contributed by atoms with Crippen molar-refractivity contribution in [3.63, 3.8) is 0 Å². The number of nitrogens with zero attached hydrogens (tertiary/aromatic N) is 5. The number of imidazole rings is 1. The Morgan fingerprint density at radius 1 is 1.00 bits per heavy atom. The molecule has 154 valence electrons. The Hall–Kier alpha value is -2.99. The monoisotopic (exact) mass is 420 g/mol. The van der Waals surface area contributed by atoms with Crippen molar-refractivity contribution in [2.75, 3.05) is 0 Å². The van der Waals surface area contributed by atoms with Gasteiger partial charge in [0.05, 0.1) is 5.69 Å². The van der Waals surface area contributed by atoms with Crippen LogP contribution in [0.25, 0.3) is 22.5 Å². The predicted molar refractivity (Wildman–Crippen MR) is 119 cm³/mol. The number of unbranched alkanes of at least 4 members (excludes halogenated alkanes) is 1. The minimum absolute atomic E-state index is 0.634. The minimum atomic E-state index is 0.634. The second-order valence-corrected chi connectivity index (χ2v) is 7.66. The Balaban J connectivity index is 1.62. The molecular weight excluding hydrogens is 396 g/mol. The van der Waals surface area contributed by atoms with E-state index in [9.17, 15) is 0 Å². The van der Waals surface area contributed by atoms with Crippen LogP contribution in [0, 0.1) is 0 Å². The van der Waals surface area contributed by atoms with E-state index < -0.39 is 0 Å². The van der Waals surface area contributed by atoms with E-state index in [1.165, 1.54) is 5.56 Å². The summed E-state index contributed by atoms with van der Waals surface area (Å²) in [4.78, 5) is 4.63. The van der Waals surface area contributed by atoms with Gasteiger partial charge in [-0.2, -0.15) is 0 Å². The van der Waals surface area contributed by atoms with Gasteiger partial charge in [0.2, 0.25) is 0 Å². The summed E-state index contributed by atoms with van der Waals surface area (Å²) in [6.45, 7) is 5.10. The van der Waals surface area contributed by atoms with Crippen LogP contribution >= 0.6 is 11.6 Å². The SMILES string of the molecule is CCCCc1nc(Cl)c(CC)n1Cc1ccc(-c2ccccc2-c2nnn[nH]2)cc1. The molecular formula is C23H25ClN6. The third-order valence-electron chi connectivity index (χ3n) is 5.32. The Morgan fingerprint density at radius 3 is 2.43 bits per heavy atom. The number of nitrogens with one attached hydrogen (secondary N) is 1. The summed E-state index contributed by atoms with van der Waals surface area (Å²) in [6.07, 6.45) is 4.07. The first-order valence-electron chi connectivity index (χ1n) is 10.4. The van der Waals surface area contributed by atoms with Gasteiger partial charge in [-0.05, 0) is 40.0 Å². The highest BCUT2D eigenvalue weighted by Gasteiger charge is 2.15. The van der Waals surface area contributed by atoms with Gasteiger partial charge in [0.25, 0.3) is 0 Å². The maximum absolute atomic E-state index is 6.42. The van der Waals surface area contributed by atoms with E-state index in [1.807, 2.05) is 18.2 Å². The summed E-state index contributed by atoms with van der Waals surface area (Å²) in [5.41, 5.74) is 5.52. The molecule has 1 N–H and O–H groups in total. The number of halogens is 1. The van der Waals surface area contributed by atoms with Crippen molar-refractivity contribution in [2.45, 2.75) is 46.1 Å². The standard InChI is InChI=1S/C23H25ClN6/c1-3-5-10-21-25-22(24)20(4-2)30(21)15-16-11-13-17(14-12-16)18-8-6-7-9-19(18)23-26-28-29-27-23/h6-9,11-14H,3-5,10,15H2,1-2H3,(H,26,27,28,29). The Bertz CT molecular complexity index is 1100. The Morgan fingerprint density at radius 2 is 1.77 bits per heavy atom. The molecule has 0 bridgehead atoms. The van der Waals surface area contributed by atoms with Crippen LogP contribution in [0.15, 0.2) is 48.5 Å². The van der Waals surface area contributed by atoms with E-state index in [0.29, 0.717) is 11.0 Å². The first-order valence-corrected chi connectivity index (χ1v) is 10.7. The van der Waals surface area contributed by atoms with E-state index in [1.54, 1.807) is 0 Å². The van der Waals surface area contributed by atoms with Crippen LogP contribution in [0.4, 0.5) is 0 Å². The quantitative estimate of drug-likeness (QED) is 0.417. The maximum Gasteiger partial charge on any atom is 0.180 e. The second-order valence-electron chi connectivity index (χ2n) is 7.30. The van der Waals surface area contributed by atoms with Gasteiger partial charge < -0.3 is 4.57 Å². The van der Waals surface area contributed by atoms with Crippen molar-refractivity contribution < 1.29 is 0 Å². The zero-order chi connectivity index (χ0) is 20.9. The zero-order valence-electron chi connectivity index (χ0n) is 17.3. The fourth-order valence-corrected chi connectivity index (χ4v) is 4.07. The van der Waals surface area contributed by atoms with Gasteiger partial charge in [-0.15, -0.1) is 5.10 Å². The first kappa shape index (κ1) is 20.3. The van der Waals surface area contributed by atoms with E-state index in [-0.39, 0.29) is 0 Å². The smallest absolute Gasteiger partial charge is 0.180 e. The van der Waals surface area contributed by atoms with Crippen LogP contribution in [-0.2, 0) is 19.4 Å². The van der Waals surface area contributed by atoms with Crippen LogP contribution in [0.3, 0.4) is 0 Å². The number of aryl methyl sites for hydroxylation is 1. The summed E-state index contributed by atoms with van der Waals surface area (Å²) in [5.74, 6) is 1.74. The van der Waals surface area contributed by atoms with Crippen LogP contribution in [0.5, 0.6) is 0 Å². The molecule has 6 nitrogen and oxygen atoms in total. The molecule has 2 heterocycles. The zero-order valence-corrected chi connectivity index (χ0v) is 18.0. The van der Waals surface area contributed by atoms with Crippen LogP contribution in [-0.4, -0.2) is 30.2 Å². The van der Waals surface area contributed by atoms with Crippen molar-refractivity contribution in [1.29, 1.82) is 0 Å². The minimum Gasteiger partial charge on any atom is -0.326 e. The largest absolute Gasteiger partial charge is 0.326 e. The molecule has 0 aliphatic heterocycles. The van der Waals surface area contributed by atoms with Gasteiger partial charge in [-0.25, -0.2) is 10.1 Å².